The van der Waals surface area contributed by atoms with Gasteiger partial charge in [-0.2, -0.15) is 0 Å². The number of carbonyl (C=O) groups excluding carboxylic acids is 1. The van der Waals surface area contributed by atoms with E-state index in [0.29, 0.717) is 17.1 Å². The fraction of sp³-hybridized carbons (Fsp3) is 0.118. The largest absolute Gasteiger partial charge is 0.507 e. The number of carbonyl (C=O) groups is 2. The van der Waals surface area contributed by atoms with Crippen LogP contribution in [0.3, 0.4) is 0 Å². The Hall–Kier alpha value is -3.06. The monoisotopic (exact) mass is 359 g/mol. The Morgan fingerprint density at radius 1 is 1.20 bits per heavy atom. The van der Waals surface area contributed by atoms with Crippen LogP contribution in [-0.4, -0.2) is 38.2 Å². The van der Waals surface area contributed by atoms with E-state index in [4.69, 9.17) is 16.7 Å². The number of carboxylic acids is 1. The van der Waals surface area contributed by atoms with Crippen molar-refractivity contribution in [3.8, 4) is 5.75 Å². The van der Waals surface area contributed by atoms with Gasteiger partial charge in [0.25, 0.3) is 5.91 Å². The van der Waals surface area contributed by atoms with E-state index in [1.807, 2.05) is 18.2 Å². The molecular formula is C17H14ClN3O4. The van der Waals surface area contributed by atoms with Crippen molar-refractivity contribution < 1.29 is 19.8 Å². The number of hydrogen-bond acceptors (Lipinski definition) is 4. The number of aromatic hydroxyl groups is 1. The van der Waals surface area contributed by atoms with Gasteiger partial charge in [0, 0.05) is 5.02 Å². The van der Waals surface area contributed by atoms with Crippen LogP contribution in [0, 0.1) is 0 Å². The highest BCUT2D eigenvalue weighted by molar-refractivity contribution is 6.31. The number of amides is 1. The third kappa shape index (κ3) is 3.41. The summed E-state index contributed by atoms with van der Waals surface area (Å²) < 4.78 is 1.80. The summed E-state index contributed by atoms with van der Waals surface area (Å²) in [5, 5.41) is 21.5. The van der Waals surface area contributed by atoms with Gasteiger partial charge in [-0.05, 0) is 23.8 Å². The zero-order valence-electron chi connectivity index (χ0n) is 12.9. The molecule has 3 rings (SSSR count). The van der Waals surface area contributed by atoms with E-state index in [1.54, 1.807) is 23.0 Å². The van der Waals surface area contributed by atoms with Crippen molar-refractivity contribution in [2.24, 2.45) is 0 Å². The van der Waals surface area contributed by atoms with Crippen LogP contribution in [0.1, 0.15) is 15.9 Å². The lowest BCUT2D eigenvalue weighted by Gasteiger charge is -2.09. The lowest BCUT2D eigenvalue weighted by molar-refractivity contribution is -0.135. The number of phenols is 1. The van der Waals surface area contributed by atoms with E-state index in [9.17, 15) is 14.7 Å². The quantitative estimate of drug-likeness (QED) is 0.648. The first-order chi connectivity index (χ1) is 12.0. The number of phenolic OH excluding ortho intramolecular Hbond substituents is 1. The summed E-state index contributed by atoms with van der Waals surface area (Å²) in [6, 6.07) is 10.4. The Balaban J connectivity index is 1.99. The second-order valence-corrected chi connectivity index (χ2v) is 5.77. The Bertz CT molecular complexity index is 968. The van der Waals surface area contributed by atoms with Crippen molar-refractivity contribution in [3.63, 3.8) is 0 Å². The molecule has 25 heavy (non-hydrogen) atoms. The number of nitrogens with zero attached hydrogens (tertiary/aromatic N) is 2. The van der Waals surface area contributed by atoms with Gasteiger partial charge in [-0.1, -0.05) is 29.8 Å². The van der Waals surface area contributed by atoms with Gasteiger partial charge in [0.2, 0.25) is 0 Å². The van der Waals surface area contributed by atoms with E-state index in [1.165, 1.54) is 6.07 Å². The third-order valence-electron chi connectivity index (χ3n) is 3.70. The molecule has 0 atom stereocenters. The molecule has 0 saturated carbocycles. The SMILES string of the molecule is O=C(O)CNC(=O)c1c(O)ccc2c1ncn2Cc1ccccc1Cl. The Morgan fingerprint density at radius 2 is 1.96 bits per heavy atom. The predicted molar refractivity (Wildman–Crippen MR) is 91.9 cm³/mol. The molecule has 0 unspecified atom stereocenters. The van der Waals surface area contributed by atoms with Gasteiger partial charge in [0.15, 0.2) is 0 Å². The number of benzene rings is 2. The number of fused-ring (bicyclic) bond motifs is 1. The summed E-state index contributed by atoms with van der Waals surface area (Å²) in [6.07, 6.45) is 1.54. The second-order valence-electron chi connectivity index (χ2n) is 5.37. The summed E-state index contributed by atoms with van der Waals surface area (Å²) >= 11 is 6.18. The molecule has 0 bridgehead atoms. The van der Waals surface area contributed by atoms with Gasteiger partial charge in [-0.25, -0.2) is 4.98 Å². The molecular weight excluding hydrogens is 346 g/mol. The van der Waals surface area contributed by atoms with Crippen molar-refractivity contribution in [1.29, 1.82) is 0 Å². The average molecular weight is 360 g/mol. The molecule has 128 valence electrons. The summed E-state index contributed by atoms with van der Waals surface area (Å²) in [7, 11) is 0. The van der Waals surface area contributed by atoms with Crippen molar-refractivity contribution >= 4 is 34.5 Å². The fourth-order valence-electron chi connectivity index (χ4n) is 2.53. The summed E-state index contributed by atoms with van der Waals surface area (Å²) in [6.45, 7) is -0.105. The van der Waals surface area contributed by atoms with Crippen molar-refractivity contribution in [2.45, 2.75) is 6.54 Å². The zero-order valence-corrected chi connectivity index (χ0v) is 13.7. The molecule has 0 fully saturated rings. The van der Waals surface area contributed by atoms with Gasteiger partial charge in [-0.3, -0.25) is 9.59 Å². The lowest BCUT2D eigenvalue weighted by Crippen LogP contribution is -2.29. The molecule has 0 aliphatic heterocycles. The van der Waals surface area contributed by atoms with Crippen molar-refractivity contribution in [3.05, 3.63) is 58.9 Å². The third-order valence-corrected chi connectivity index (χ3v) is 4.06. The number of carboxylic acid groups (broad SMARTS) is 1. The van der Waals surface area contributed by atoms with Crippen LogP contribution in [0.5, 0.6) is 5.75 Å². The standard InChI is InChI=1S/C17H14ClN3O4/c18-11-4-2-1-3-10(11)8-21-9-20-16-12(21)5-6-13(22)15(16)17(25)19-7-14(23)24/h1-6,9,22H,7-8H2,(H,19,25)(H,23,24). The van der Waals surface area contributed by atoms with E-state index in [-0.39, 0.29) is 16.8 Å². The highest BCUT2D eigenvalue weighted by atomic mass is 35.5. The van der Waals surface area contributed by atoms with Gasteiger partial charge in [0.1, 0.15) is 23.4 Å². The number of aliphatic carboxylic acids is 1. The highest BCUT2D eigenvalue weighted by Crippen LogP contribution is 2.27. The van der Waals surface area contributed by atoms with Gasteiger partial charge >= 0.3 is 5.97 Å². The molecule has 3 aromatic rings. The van der Waals surface area contributed by atoms with Crippen LogP contribution in [0.15, 0.2) is 42.7 Å². The maximum atomic E-state index is 12.2. The van der Waals surface area contributed by atoms with Crippen molar-refractivity contribution in [2.75, 3.05) is 6.54 Å². The molecule has 0 saturated heterocycles. The first-order valence-electron chi connectivity index (χ1n) is 7.37. The number of aromatic nitrogens is 2. The number of imidazole rings is 1. The number of hydrogen-bond donors (Lipinski definition) is 3. The molecule has 0 aliphatic rings. The topological polar surface area (TPSA) is 104 Å². The van der Waals surface area contributed by atoms with E-state index in [2.05, 4.69) is 10.3 Å². The van der Waals surface area contributed by atoms with Gasteiger partial charge < -0.3 is 20.1 Å². The van der Waals surface area contributed by atoms with Gasteiger partial charge in [0.05, 0.1) is 18.4 Å². The molecule has 0 spiro atoms. The highest BCUT2D eigenvalue weighted by Gasteiger charge is 2.19. The summed E-state index contributed by atoms with van der Waals surface area (Å²) in [4.78, 5) is 27.0. The normalized spacial score (nSPS) is 10.8. The molecule has 8 heteroatoms. The fourth-order valence-corrected chi connectivity index (χ4v) is 2.72. The van der Waals surface area contributed by atoms with Crippen LogP contribution in [0.2, 0.25) is 5.02 Å². The first-order valence-corrected chi connectivity index (χ1v) is 7.75. The van der Waals surface area contributed by atoms with E-state index in [0.717, 1.165) is 5.56 Å². The van der Waals surface area contributed by atoms with Crippen LogP contribution < -0.4 is 5.32 Å². The molecule has 1 aromatic heterocycles. The van der Waals surface area contributed by atoms with Crippen LogP contribution >= 0.6 is 11.6 Å². The Morgan fingerprint density at radius 3 is 2.68 bits per heavy atom. The minimum Gasteiger partial charge on any atom is -0.507 e. The van der Waals surface area contributed by atoms with Crippen LogP contribution in [0.4, 0.5) is 0 Å². The molecule has 1 heterocycles. The number of nitrogens with one attached hydrogen (secondary N) is 1. The molecule has 0 aliphatic carbocycles. The first kappa shape index (κ1) is 16.8. The number of rotatable bonds is 5. The zero-order chi connectivity index (χ0) is 18.0. The summed E-state index contributed by atoms with van der Waals surface area (Å²) in [5.41, 5.74) is 1.73. The maximum Gasteiger partial charge on any atom is 0.322 e. The molecule has 2 aromatic carbocycles. The molecule has 0 radical (unpaired) electrons. The predicted octanol–water partition coefficient (Wildman–Crippen LogP) is 2.26. The van der Waals surface area contributed by atoms with Gasteiger partial charge in [-0.15, -0.1) is 0 Å². The molecule has 3 N–H and O–H groups in total. The Kier molecular flexibility index (Phi) is 4.58. The maximum absolute atomic E-state index is 12.2. The van der Waals surface area contributed by atoms with Crippen LogP contribution in [0.25, 0.3) is 11.0 Å². The molecule has 1 amide bonds. The average Bonchev–Trinajstić information content (AvgIpc) is 2.97. The molecule has 7 nitrogen and oxygen atoms in total. The van der Waals surface area contributed by atoms with E-state index < -0.39 is 18.4 Å². The van der Waals surface area contributed by atoms with Crippen LogP contribution in [-0.2, 0) is 11.3 Å². The minimum atomic E-state index is -1.18. The summed E-state index contributed by atoms with van der Waals surface area (Å²) in [5.74, 6) is -2.14. The lowest BCUT2D eigenvalue weighted by atomic mass is 10.1. The van der Waals surface area contributed by atoms with E-state index >= 15 is 0 Å². The smallest absolute Gasteiger partial charge is 0.322 e. The van der Waals surface area contributed by atoms with Crippen molar-refractivity contribution in [1.82, 2.24) is 14.9 Å². The Labute approximate surface area is 147 Å². The second kappa shape index (κ2) is 6.82. The number of halogens is 1. The minimum absolute atomic E-state index is 0.0586.